The first-order valence-corrected chi connectivity index (χ1v) is 7.03. The van der Waals surface area contributed by atoms with Gasteiger partial charge in [-0.05, 0) is 26.0 Å². The van der Waals surface area contributed by atoms with Crippen LogP contribution in [0, 0.1) is 11.3 Å². The van der Waals surface area contributed by atoms with Crippen molar-refractivity contribution >= 4 is 23.4 Å². The van der Waals surface area contributed by atoms with Crippen LogP contribution in [-0.4, -0.2) is 27.6 Å². The normalized spacial score (nSPS) is 15.1. The van der Waals surface area contributed by atoms with Crippen LogP contribution >= 0.6 is 11.8 Å². The molecule has 102 valence electrons. The van der Waals surface area contributed by atoms with Crippen LogP contribution < -0.4 is 5.32 Å². The van der Waals surface area contributed by atoms with E-state index in [2.05, 4.69) is 5.32 Å². The average Bonchev–Trinajstić information content (AvgIpc) is 2.38. The summed E-state index contributed by atoms with van der Waals surface area (Å²) >= 11 is 1.40. The molecule has 0 fully saturated rings. The number of carbonyl (C=O) groups is 1. The maximum absolute atomic E-state index is 12.0. The van der Waals surface area contributed by atoms with Gasteiger partial charge in [-0.1, -0.05) is 19.1 Å². The Morgan fingerprint density at radius 3 is 2.58 bits per heavy atom. The number of aliphatic hydroxyl groups is 1. The van der Waals surface area contributed by atoms with Crippen molar-refractivity contribution in [2.45, 2.75) is 37.4 Å². The number of benzene rings is 1. The number of para-hydroxylation sites is 1. The van der Waals surface area contributed by atoms with E-state index in [0.29, 0.717) is 11.3 Å². The molecule has 1 amide bonds. The highest BCUT2D eigenvalue weighted by molar-refractivity contribution is 8.01. The minimum absolute atomic E-state index is 0.0213. The zero-order chi connectivity index (χ0) is 14.4. The van der Waals surface area contributed by atoms with Gasteiger partial charge >= 0.3 is 0 Å². The molecule has 0 bridgehead atoms. The van der Waals surface area contributed by atoms with Gasteiger partial charge in [0, 0.05) is 5.25 Å². The number of hydrogen-bond donors (Lipinski definition) is 2. The summed E-state index contributed by atoms with van der Waals surface area (Å²) in [5.74, 6) is -0.166. The SMILES string of the molecule is CC(SC(C)C(C)O)C(=O)Nc1ccccc1C#N. The monoisotopic (exact) mass is 278 g/mol. The molecule has 0 aliphatic carbocycles. The second-order valence-electron chi connectivity index (χ2n) is 4.37. The molecule has 5 heteroatoms. The molecule has 4 nitrogen and oxygen atoms in total. The first-order chi connectivity index (χ1) is 8.95. The molecular formula is C14H18N2O2S. The highest BCUT2D eigenvalue weighted by Crippen LogP contribution is 2.22. The van der Waals surface area contributed by atoms with Gasteiger partial charge in [-0.2, -0.15) is 5.26 Å². The quantitative estimate of drug-likeness (QED) is 0.867. The summed E-state index contributed by atoms with van der Waals surface area (Å²) < 4.78 is 0. The van der Waals surface area contributed by atoms with E-state index in [1.165, 1.54) is 11.8 Å². The molecule has 3 atom stereocenters. The van der Waals surface area contributed by atoms with Crippen LogP contribution in [0.1, 0.15) is 26.3 Å². The van der Waals surface area contributed by atoms with Crippen LogP contribution in [-0.2, 0) is 4.79 Å². The first kappa shape index (κ1) is 15.5. The Labute approximate surface area is 117 Å². The Balaban J connectivity index is 2.67. The van der Waals surface area contributed by atoms with Gasteiger partial charge in [0.2, 0.25) is 5.91 Å². The summed E-state index contributed by atoms with van der Waals surface area (Å²) in [5, 5.41) is 20.8. The molecule has 0 saturated heterocycles. The van der Waals surface area contributed by atoms with E-state index in [1.54, 1.807) is 38.1 Å². The molecule has 1 aromatic carbocycles. The van der Waals surface area contributed by atoms with Crippen molar-refractivity contribution in [1.29, 1.82) is 5.26 Å². The number of thioether (sulfide) groups is 1. The molecule has 2 N–H and O–H groups in total. The summed E-state index contributed by atoms with van der Waals surface area (Å²) in [4.78, 5) is 12.0. The van der Waals surface area contributed by atoms with Crippen molar-refractivity contribution in [3.63, 3.8) is 0 Å². The highest BCUT2D eigenvalue weighted by Gasteiger charge is 2.20. The Morgan fingerprint density at radius 2 is 2.00 bits per heavy atom. The van der Waals surface area contributed by atoms with Gasteiger partial charge < -0.3 is 10.4 Å². The number of carbonyl (C=O) groups excluding carboxylic acids is 1. The topological polar surface area (TPSA) is 73.1 Å². The third-order valence-electron chi connectivity index (χ3n) is 2.77. The molecule has 0 saturated carbocycles. The van der Waals surface area contributed by atoms with Crippen LogP contribution in [0.4, 0.5) is 5.69 Å². The van der Waals surface area contributed by atoms with Crippen LogP contribution in [0.25, 0.3) is 0 Å². The molecule has 0 heterocycles. The van der Waals surface area contributed by atoms with Crippen LogP contribution in [0.15, 0.2) is 24.3 Å². The average molecular weight is 278 g/mol. The molecule has 0 aromatic heterocycles. The predicted octanol–water partition coefficient (Wildman–Crippen LogP) is 2.39. The number of rotatable bonds is 5. The number of amides is 1. The van der Waals surface area contributed by atoms with Gasteiger partial charge in [-0.3, -0.25) is 4.79 Å². The zero-order valence-electron chi connectivity index (χ0n) is 11.3. The fraction of sp³-hybridized carbons (Fsp3) is 0.429. The van der Waals surface area contributed by atoms with Crippen molar-refractivity contribution < 1.29 is 9.90 Å². The lowest BCUT2D eigenvalue weighted by Crippen LogP contribution is -2.27. The molecule has 1 rings (SSSR count). The molecule has 1 aromatic rings. The third kappa shape index (κ3) is 4.58. The van der Waals surface area contributed by atoms with Gasteiger partial charge in [0.05, 0.1) is 22.6 Å². The molecule has 0 radical (unpaired) electrons. The standard InChI is InChI=1S/C14H18N2O2S/c1-9(17)10(2)19-11(3)14(18)16-13-7-5-4-6-12(13)8-15/h4-7,9-11,17H,1-3H3,(H,16,18). The maximum Gasteiger partial charge on any atom is 0.237 e. The van der Waals surface area contributed by atoms with Crippen molar-refractivity contribution in [3.8, 4) is 6.07 Å². The van der Waals surface area contributed by atoms with Crippen molar-refractivity contribution in [2.75, 3.05) is 5.32 Å². The fourth-order valence-corrected chi connectivity index (χ4v) is 2.48. The summed E-state index contributed by atoms with van der Waals surface area (Å²) in [5.41, 5.74) is 0.962. The number of aliphatic hydroxyl groups excluding tert-OH is 1. The minimum atomic E-state index is -0.466. The first-order valence-electron chi connectivity index (χ1n) is 6.09. The molecule has 0 spiro atoms. The smallest absolute Gasteiger partial charge is 0.237 e. The molecular weight excluding hydrogens is 260 g/mol. The maximum atomic E-state index is 12.0. The Kier molecular flexibility index (Phi) is 5.87. The zero-order valence-corrected chi connectivity index (χ0v) is 12.1. The number of anilines is 1. The van der Waals surface area contributed by atoms with E-state index in [1.807, 2.05) is 13.0 Å². The second-order valence-corrected chi connectivity index (χ2v) is 6.09. The molecule has 3 unspecified atom stereocenters. The van der Waals surface area contributed by atoms with Crippen LogP contribution in [0.3, 0.4) is 0 Å². The Hall–Kier alpha value is -1.51. The van der Waals surface area contributed by atoms with Gasteiger partial charge in [0.15, 0.2) is 0 Å². The lowest BCUT2D eigenvalue weighted by molar-refractivity contribution is -0.115. The van der Waals surface area contributed by atoms with Crippen LogP contribution in [0.2, 0.25) is 0 Å². The fourth-order valence-electron chi connectivity index (χ4n) is 1.42. The number of hydrogen-bond acceptors (Lipinski definition) is 4. The summed E-state index contributed by atoms with van der Waals surface area (Å²) in [6.45, 7) is 5.36. The van der Waals surface area contributed by atoms with Crippen molar-refractivity contribution in [3.05, 3.63) is 29.8 Å². The van der Waals surface area contributed by atoms with Crippen molar-refractivity contribution in [1.82, 2.24) is 0 Å². The van der Waals surface area contributed by atoms with Gasteiger partial charge in [-0.15, -0.1) is 11.8 Å². The lowest BCUT2D eigenvalue weighted by Gasteiger charge is -2.19. The highest BCUT2D eigenvalue weighted by atomic mass is 32.2. The second kappa shape index (κ2) is 7.17. The lowest BCUT2D eigenvalue weighted by atomic mass is 10.2. The number of nitrogens with zero attached hydrogens (tertiary/aromatic N) is 1. The molecule has 0 aliphatic heterocycles. The van der Waals surface area contributed by atoms with E-state index in [9.17, 15) is 9.90 Å². The van der Waals surface area contributed by atoms with E-state index < -0.39 is 6.10 Å². The Bertz CT molecular complexity index is 483. The summed E-state index contributed by atoms with van der Waals surface area (Å²) in [6, 6.07) is 8.92. The van der Waals surface area contributed by atoms with Gasteiger partial charge in [0.25, 0.3) is 0 Å². The van der Waals surface area contributed by atoms with E-state index in [4.69, 9.17) is 5.26 Å². The number of nitrogens with one attached hydrogen (secondary N) is 1. The number of nitriles is 1. The summed E-state index contributed by atoms with van der Waals surface area (Å²) in [6.07, 6.45) is -0.466. The van der Waals surface area contributed by atoms with E-state index in [0.717, 1.165) is 0 Å². The largest absolute Gasteiger partial charge is 0.392 e. The Morgan fingerprint density at radius 1 is 1.37 bits per heavy atom. The van der Waals surface area contributed by atoms with Gasteiger partial charge in [-0.25, -0.2) is 0 Å². The third-order valence-corrected chi connectivity index (χ3v) is 4.22. The molecule has 19 heavy (non-hydrogen) atoms. The minimum Gasteiger partial charge on any atom is -0.392 e. The van der Waals surface area contributed by atoms with Crippen LogP contribution in [0.5, 0.6) is 0 Å². The van der Waals surface area contributed by atoms with Crippen molar-refractivity contribution in [2.24, 2.45) is 0 Å². The summed E-state index contributed by atoms with van der Waals surface area (Å²) in [7, 11) is 0. The van der Waals surface area contributed by atoms with Gasteiger partial charge in [0.1, 0.15) is 6.07 Å². The predicted molar refractivity (Wildman–Crippen MR) is 78.0 cm³/mol. The molecule has 0 aliphatic rings. The van der Waals surface area contributed by atoms with E-state index >= 15 is 0 Å². The van der Waals surface area contributed by atoms with E-state index in [-0.39, 0.29) is 16.4 Å².